The van der Waals surface area contributed by atoms with Crippen molar-refractivity contribution < 1.29 is 4.74 Å². The second-order valence-electron chi connectivity index (χ2n) is 7.56. The van der Waals surface area contributed by atoms with Crippen LogP contribution in [0.4, 0.5) is 0 Å². The molecular weight excluding hydrogens is 308 g/mol. The number of ether oxygens (including phenoxy) is 1. The van der Waals surface area contributed by atoms with Crippen LogP contribution < -0.4 is 10.1 Å². The van der Waals surface area contributed by atoms with Gasteiger partial charge in [-0.15, -0.1) is 12.4 Å². The van der Waals surface area contributed by atoms with Crippen molar-refractivity contribution in [3.05, 3.63) is 29.3 Å². The van der Waals surface area contributed by atoms with Crippen LogP contribution >= 0.6 is 12.4 Å². The first-order valence-corrected chi connectivity index (χ1v) is 8.74. The van der Waals surface area contributed by atoms with Crippen LogP contribution in [0.15, 0.2) is 18.2 Å². The predicted octanol–water partition coefficient (Wildman–Crippen LogP) is 3.64. The number of likely N-dealkylation sites (tertiary alicyclic amines) is 1. The van der Waals surface area contributed by atoms with E-state index in [1.807, 2.05) is 7.05 Å². The highest BCUT2D eigenvalue weighted by Gasteiger charge is 2.32. The van der Waals surface area contributed by atoms with Gasteiger partial charge in [0.25, 0.3) is 0 Å². The van der Waals surface area contributed by atoms with Crippen molar-refractivity contribution in [2.45, 2.75) is 51.7 Å². The highest BCUT2D eigenvalue weighted by Crippen LogP contribution is 2.38. The maximum absolute atomic E-state index is 6.21. The summed E-state index contributed by atoms with van der Waals surface area (Å²) in [7, 11) is 2.05. The fourth-order valence-corrected chi connectivity index (χ4v) is 3.83. The van der Waals surface area contributed by atoms with Crippen LogP contribution in [0.3, 0.4) is 0 Å². The molecule has 2 aliphatic heterocycles. The molecule has 1 fully saturated rings. The molecule has 1 N–H and O–H groups in total. The molecule has 3 nitrogen and oxygen atoms in total. The van der Waals surface area contributed by atoms with Crippen molar-refractivity contribution in [1.82, 2.24) is 10.2 Å². The van der Waals surface area contributed by atoms with E-state index in [9.17, 15) is 0 Å². The van der Waals surface area contributed by atoms with E-state index in [0.29, 0.717) is 0 Å². The lowest BCUT2D eigenvalue weighted by Gasteiger charge is -2.32. The molecule has 4 heteroatoms. The fourth-order valence-electron chi connectivity index (χ4n) is 3.83. The molecule has 2 heterocycles. The minimum atomic E-state index is -0.0431. The van der Waals surface area contributed by atoms with Gasteiger partial charge in [-0.2, -0.15) is 0 Å². The molecule has 0 radical (unpaired) electrons. The Hall–Kier alpha value is -0.770. The number of hydrogen-bond donors (Lipinski definition) is 1. The lowest BCUT2D eigenvalue weighted by Crippen LogP contribution is -2.34. The lowest BCUT2D eigenvalue weighted by molar-refractivity contribution is 0.132. The van der Waals surface area contributed by atoms with E-state index < -0.39 is 0 Å². The van der Waals surface area contributed by atoms with Crippen molar-refractivity contribution in [2.24, 2.45) is 5.92 Å². The van der Waals surface area contributed by atoms with Crippen LogP contribution in [0.1, 0.15) is 44.2 Å². The summed E-state index contributed by atoms with van der Waals surface area (Å²) < 4.78 is 6.21. The Morgan fingerprint density at radius 1 is 1.26 bits per heavy atom. The van der Waals surface area contributed by atoms with Crippen LogP contribution in [-0.2, 0) is 13.0 Å². The van der Waals surface area contributed by atoms with Gasteiger partial charge >= 0.3 is 0 Å². The van der Waals surface area contributed by atoms with Crippen molar-refractivity contribution in [1.29, 1.82) is 0 Å². The Kier molecular flexibility index (Phi) is 6.35. The van der Waals surface area contributed by atoms with Gasteiger partial charge in [-0.3, -0.25) is 4.90 Å². The number of nitrogens with zero attached hydrogens (tertiary/aromatic N) is 1. The number of para-hydroxylation sites is 1. The third-order valence-corrected chi connectivity index (χ3v) is 5.08. The summed E-state index contributed by atoms with van der Waals surface area (Å²) in [5, 5.41) is 3.27. The van der Waals surface area contributed by atoms with E-state index in [1.54, 1.807) is 0 Å². The maximum Gasteiger partial charge on any atom is 0.127 e. The Morgan fingerprint density at radius 2 is 2.00 bits per heavy atom. The summed E-state index contributed by atoms with van der Waals surface area (Å²) in [5.74, 6) is 2.06. The minimum absolute atomic E-state index is 0. The summed E-state index contributed by atoms with van der Waals surface area (Å²) in [4.78, 5) is 2.60. The normalized spacial score (nSPS) is 20.7. The molecule has 0 amide bonds. The molecule has 23 heavy (non-hydrogen) atoms. The van der Waals surface area contributed by atoms with Crippen molar-refractivity contribution in [2.75, 3.05) is 26.7 Å². The molecular formula is C19H31ClN2O. The van der Waals surface area contributed by atoms with Gasteiger partial charge < -0.3 is 10.1 Å². The highest BCUT2D eigenvalue weighted by atomic mass is 35.5. The molecule has 0 aromatic heterocycles. The molecule has 0 spiro atoms. The molecule has 0 aliphatic carbocycles. The summed E-state index contributed by atoms with van der Waals surface area (Å²) >= 11 is 0. The van der Waals surface area contributed by atoms with E-state index in [4.69, 9.17) is 4.74 Å². The number of fused-ring (bicyclic) bond motifs is 1. The van der Waals surface area contributed by atoms with Crippen molar-refractivity contribution in [3.8, 4) is 5.75 Å². The van der Waals surface area contributed by atoms with Gasteiger partial charge in [0.15, 0.2) is 0 Å². The van der Waals surface area contributed by atoms with E-state index in [1.165, 1.54) is 43.5 Å². The van der Waals surface area contributed by atoms with Gasteiger partial charge in [-0.05, 0) is 71.3 Å². The third kappa shape index (κ3) is 4.62. The first-order chi connectivity index (χ1) is 10.6. The Bertz CT molecular complexity index is 510. The van der Waals surface area contributed by atoms with Crippen LogP contribution in [0.25, 0.3) is 0 Å². The van der Waals surface area contributed by atoms with Gasteiger partial charge in [0.1, 0.15) is 11.4 Å². The van der Waals surface area contributed by atoms with E-state index in [0.717, 1.165) is 31.2 Å². The Morgan fingerprint density at radius 3 is 2.70 bits per heavy atom. The average Bonchev–Trinajstić information content (AvgIpc) is 2.82. The van der Waals surface area contributed by atoms with E-state index in [-0.39, 0.29) is 18.0 Å². The van der Waals surface area contributed by atoms with Gasteiger partial charge in [0.2, 0.25) is 0 Å². The number of piperidine rings is 1. The monoisotopic (exact) mass is 338 g/mol. The predicted molar refractivity (Wildman–Crippen MR) is 98.6 cm³/mol. The topological polar surface area (TPSA) is 24.5 Å². The zero-order chi connectivity index (χ0) is 15.6. The van der Waals surface area contributed by atoms with Gasteiger partial charge in [-0.1, -0.05) is 18.2 Å². The molecule has 2 aliphatic rings. The Balaban J connectivity index is 0.00000192. The largest absolute Gasteiger partial charge is 0.487 e. The number of halogens is 1. The zero-order valence-electron chi connectivity index (χ0n) is 14.7. The fraction of sp³-hybridized carbons (Fsp3) is 0.684. The van der Waals surface area contributed by atoms with Crippen LogP contribution in [-0.4, -0.2) is 37.2 Å². The second kappa shape index (κ2) is 7.87. The van der Waals surface area contributed by atoms with Crippen LogP contribution in [0.5, 0.6) is 5.75 Å². The molecule has 0 bridgehead atoms. The summed E-state index contributed by atoms with van der Waals surface area (Å²) in [6.07, 6.45) is 5.02. The quantitative estimate of drug-likeness (QED) is 0.887. The second-order valence-corrected chi connectivity index (χ2v) is 7.56. The number of nitrogens with one attached hydrogen (secondary N) is 1. The zero-order valence-corrected chi connectivity index (χ0v) is 15.5. The van der Waals surface area contributed by atoms with Crippen molar-refractivity contribution >= 4 is 12.4 Å². The SMILES string of the molecule is CNCCC1CCN(Cc2cccc3c2OC(C)(C)C3)CC1.Cl. The van der Waals surface area contributed by atoms with E-state index in [2.05, 4.69) is 42.3 Å². The number of benzene rings is 1. The number of hydrogen-bond acceptors (Lipinski definition) is 3. The smallest absolute Gasteiger partial charge is 0.127 e. The van der Waals surface area contributed by atoms with Gasteiger partial charge in [0, 0.05) is 18.5 Å². The van der Waals surface area contributed by atoms with Crippen molar-refractivity contribution in [3.63, 3.8) is 0 Å². The van der Waals surface area contributed by atoms with E-state index >= 15 is 0 Å². The average molecular weight is 339 g/mol. The molecule has 1 aromatic rings. The first kappa shape index (κ1) is 18.6. The van der Waals surface area contributed by atoms with Gasteiger partial charge in [-0.25, -0.2) is 0 Å². The highest BCUT2D eigenvalue weighted by molar-refractivity contribution is 5.85. The number of rotatable bonds is 5. The molecule has 1 saturated heterocycles. The van der Waals surface area contributed by atoms with Gasteiger partial charge in [0.05, 0.1) is 0 Å². The molecule has 0 unspecified atom stereocenters. The third-order valence-electron chi connectivity index (χ3n) is 5.08. The standard InChI is InChI=1S/C19H30N2O.ClH/c1-19(2)13-16-5-4-6-17(18(16)22-19)14-21-11-8-15(9-12-21)7-10-20-3;/h4-6,15,20H,7-14H2,1-3H3;1H. The lowest BCUT2D eigenvalue weighted by atomic mass is 9.93. The van der Waals surface area contributed by atoms with Crippen LogP contribution in [0.2, 0.25) is 0 Å². The van der Waals surface area contributed by atoms with Crippen LogP contribution in [0, 0.1) is 5.92 Å². The molecule has 0 saturated carbocycles. The first-order valence-electron chi connectivity index (χ1n) is 8.74. The molecule has 3 rings (SSSR count). The molecule has 0 atom stereocenters. The molecule has 130 valence electrons. The molecule has 1 aromatic carbocycles. The summed E-state index contributed by atoms with van der Waals surface area (Å²) in [5.41, 5.74) is 2.71. The summed E-state index contributed by atoms with van der Waals surface area (Å²) in [6.45, 7) is 9.01. The maximum atomic E-state index is 6.21. The summed E-state index contributed by atoms with van der Waals surface area (Å²) in [6, 6.07) is 6.66. The Labute approximate surface area is 147 Å². The minimum Gasteiger partial charge on any atom is -0.487 e.